The fourth-order valence-corrected chi connectivity index (χ4v) is 6.82. The van der Waals surface area contributed by atoms with Crippen LogP contribution in [0.4, 0.5) is 0 Å². The molecule has 6 aromatic carbocycles. The van der Waals surface area contributed by atoms with Crippen molar-refractivity contribution in [1.29, 1.82) is 0 Å². The van der Waals surface area contributed by atoms with E-state index in [2.05, 4.69) is 115 Å². The molecule has 1 nitrogen and oxygen atoms in total. The van der Waals surface area contributed by atoms with Crippen LogP contribution < -0.4 is 0 Å². The van der Waals surface area contributed by atoms with E-state index in [4.69, 9.17) is 4.98 Å². The summed E-state index contributed by atoms with van der Waals surface area (Å²) in [6, 6.07) is 41.7. The molecule has 2 heteroatoms. The largest absolute Gasteiger partial charge is 0.246 e. The molecule has 0 amide bonds. The van der Waals surface area contributed by atoms with E-state index in [-0.39, 0.29) is 0 Å². The summed E-state index contributed by atoms with van der Waals surface area (Å²) in [6.07, 6.45) is 0. The molecule has 0 saturated carbocycles. The summed E-state index contributed by atoms with van der Waals surface area (Å²) < 4.78 is 2.56. The van der Waals surface area contributed by atoms with Gasteiger partial charge in [-0.25, -0.2) is 4.98 Å². The third-order valence-electron chi connectivity index (χ3n) is 7.23. The summed E-state index contributed by atoms with van der Waals surface area (Å²) in [5.74, 6) is 0. The fourth-order valence-electron chi connectivity index (χ4n) is 5.59. The van der Waals surface area contributed by atoms with Crippen molar-refractivity contribution in [2.24, 2.45) is 0 Å². The number of thiophene rings is 1. The number of hydrogen-bond donors (Lipinski definition) is 0. The molecule has 0 saturated heterocycles. The minimum Gasteiger partial charge on any atom is -0.246 e. The van der Waals surface area contributed by atoms with E-state index in [0.29, 0.717) is 0 Å². The molecule has 162 valence electrons. The Bertz CT molecular complexity index is 2120. The van der Waals surface area contributed by atoms with Crippen LogP contribution in [0.3, 0.4) is 0 Å². The Hall–Kier alpha value is -4.27. The molecular formula is C33H19NS. The molecule has 0 N–H and O–H groups in total. The van der Waals surface area contributed by atoms with Crippen LogP contribution in [-0.4, -0.2) is 4.98 Å². The van der Waals surface area contributed by atoms with Gasteiger partial charge in [0.15, 0.2) is 0 Å². The lowest BCUT2D eigenvalue weighted by Crippen LogP contribution is -1.88. The number of hydrogen-bond acceptors (Lipinski definition) is 2. The van der Waals surface area contributed by atoms with Crippen LogP contribution in [0.15, 0.2) is 115 Å². The summed E-state index contributed by atoms with van der Waals surface area (Å²) in [5, 5.41) is 11.5. The van der Waals surface area contributed by atoms with Crippen molar-refractivity contribution in [3.63, 3.8) is 0 Å². The maximum absolute atomic E-state index is 5.22. The van der Waals surface area contributed by atoms with Gasteiger partial charge >= 0.3 is 0 Å². The molecule has 0 bridgehead atoms. The Morgan fingerprint density at radius 3 is 2.03 bits per heavy atom. The van der Waals surface area contributed by atoms with Gasteiger partial charge in [0, 0.05) is 26.4 Å². The number of benzene rings is 6. The van der Waals surface area contributed by atoms with Crippen LogP contribution >= 0.6 is 11.3 Å². The lowest BCUT2D eigenvalue weighted by molar-refractivity contribution is 1.44. The van der Waals surface area contributed by atoms with Crippen LogP contribution in [0.25, 0.3) is 74.6 Å². The molecule has 0 unspecified atom stereocenters. The highest BCUT2D eigenvalue weighted by Gasteiger charge is 2.16. The summed E-state index contributed by atoms with van der Waals surface area (Å²) in [5.41, 5.74) is 3.28. The number of pyridine rings is 1. The van der Waals surface area contributed by atoms with Crippen LogP contribution in [-0.2, 0) is 0 Å². The van der Waals surface area contributed by atoms with Gasteiger partial charge in [-0.3, -0.25) is 0 Å². The number of para-hydroxylation sites is 1. The minimum atomic E-state index is 1.04. The third kappa shape index (κ3) is 2.72. The van der Waals surface area contributed by atoms with Crippen molar-refractivity contribution in [2.45, 2.75) is 0 Å². The Morgan fingerprint density at radius 1 is 0.486 bits per heavy atom. The number of fused-ring (bicyclic) bond motifs is 10. The maximum atomic E-state index is 5.22. The zero-order valence-electron chi connectivity index (χ0n) is 18.8. The van der Waals surface area contributed by atoms with Gasteiger partial charge in [0.1, 0.15) is 0 Å². The summed E-state index contributed by atoms with van der Waals surface area (Å²) in [4.78, 5) is 5.22. The lowest BCUT2D eigenvalue weighted by atomic mass is 9.95. The molecule has 8 rings (SSSR count). The maximum Gasteiger partial charge on any atom is 0.0888 e. The normalized spacial score (nSPS) is 12.0. The zero-order chi connectivity index (χ0) is 22.9. The summed E-state index contributed by atoms with van der Waals surface area (Å²) in [7, 11) is 0. The molecule has 0 atom stereocenters. The van der Waals surface area contributed by atoms with Gasteiger partial charge in [-0.1, -0.05) is 97.1 Å². The monoisotopic (exact) mass is 461 g/mol. The predicted octanol–water partition coefficient (Wildman–Crippen LogP) is 9.73. The van der Waals surface area contributed by atoms with Gasteiger partial charge < -0.3 is 0 Å². The van der Waals surface area contributed by atoms with E-state index >= 15 is 0 Å². The number of aromatic nitrogens is 1. The first-order chi connectivity index (χ1) is 17.3. The van der Waals surface area contributed by atoms with Crippen molar-refractivity contribution in [2.75, 3.05) is 0 Å². The molecule has 0 fully saturated rings. The Kier molecular flexibility index (Phi) is 3.88. The minimum absolute atomic E-state index is 1.04. The van der Waals surface area contributed by atoms with E-state index in [1.54, 1.807) is 0 Å². The molecular weight excluding hydrogens is 442 g/mol. The predicted molar refractivity (Wildman–Crippen MR) is 153 cm³/mol. The fraction of sp³-hybridized carbons (Fsp3) is 0. The van der Waals surface area contributed by atoms with E-state index in [0.717, 1.165) is 11.2 Å². The van der Waals surface area contributed by atoms with Crippen LogP contribution in [0.5, 0.6) is 0 Å². The topological polar surface area (TPSA) is 12.9 Å². The molecule has 0 aliphatic rings. The van der Waals surface area contributed by atoms with Crippen LogP contribution in [0.2, 0.25) is 0 Å². The first-order valence-electron chi connectivity index (χ1n) is 11.9. The SMILES string of the molecule is c1ccc2c(c1)ccc1c3cc(-c4nc5ccccc5c5c4sc4ccccc45)ccc3ccc21. The zero-order valence-corrected chi connectivity index (χ0v) is 19.6. The number of nitrogens with zero attached hydrogens (tertiary/aromatic N) is 1. The first-order valence-corrected chi connectivity index (χ1v) is 12.7. The van der Waals surface area contributed by atoms with Crippen molar-refractivity contribution < 1.29 is 0 Å². The van der Waals surface area contributed by atoms with Gasteiger partial charge in [-0.15, -0.1) is 11.3 Å². The van der Waals surface area contributed by atoms with Gasteiger partial charge in [0.05, 0.1) is 15.9 Å². The van der Waals surface area contributed by atoms with E-state index < -0.39 is 0 Å². The molecule has 0 spiro atoms. The van der Waals surface area contributed by atoms with E-state index in [9.17, 15) is 0 Å². The molecule has 0 radical (unpaired) electrons. The summed E-state index contributed by atoms with van der Waals surface area (Å²) in [6.45, 7) is 0. The molecule has 2 heterocycles. The molecule has 2 aromatic heterocycles. The molecule has 0 aliphatic heterocycles. The van der Waals surface area contributed by atoms with Crippen LogP contribution in [0.1, 0.15) is 0 Å². The Labute approximate surface area is 205 Å². The number of rotatable bonds is 1. The molecule has 35 heavy (non-hydrogen) atoms. The van der Waals surface area contributed by atoms with Crippen molar-refractivity contribution in [3.8, 4) is 11.3 Å². The van der Waals surface area contributed by atoms with Gasteiger partial charge in [-0.2, -0.15) is 0 Å². The second kappa shape index (κ2) is 7.11. The smallest absolute Gasteiger partial charge is 0.0888 e. The van der Waals surface area contributed by atoms with Crippen molar-refractivity contribution in [3.05, 3.63) is 115 Å². The third-order valence-corrected chi connectivity index (χ3v) is 8.41. The standard InChI is InChI=1S/C33H19NS/c1-2-8-23-20(7-1)15-18-25-24(23)17-16-21-13-14-22(19-28(21)25)32-33-31(26-9-3-5-11-29(26)34-32)27-10-4-6-12-30(27)35-33/h1-19H. The second-order valence-electron chi connectivity index (χ2n) is 9.16. The lowest BCUT2D eigenvalue weighted by Gasteiger charge is -2.11. The second-order valence-corrected chi connectivity index (χ2v) is 10.2. The Morgan fingerprint density at radius 2 is 1.14 bits per heavy atom. The summed E-state index contributed by atoms with van der Waals surface area (Å²) >= 11 is 1.85. The van der Waals surface area contributed by atoms with Crippen LogP contribution in [0, 0.1) is 0 Å². The highest BCUT2D eigenvalue weighted by Crippen LogP contribution is 2.43. The molecule has 0 aliphatic carbocycles. The van der Waals surface area contributed by atoms with Crippen molar-refractivity contribution in [1.82, 2.24) is 4.98 Å². The highest BCUT2D eigenvalue weighted by molar-refractivity contribution is 7.26. The van der Waals surface area contributed by atoms with Gasteiger partial charge in [0.2, 0.25) is 0 Å². The van der Waals surface area contributed by atoms with Gasteiger partial charge in [-0.05, 0) is 50.5 Å². The van der Waals surface area contributed by atoms with E-state index in [1.165, 1.54) is 63.4 Å². The average molecular weight is 462 g/mol. The van der Waals surface area contributed by atoms with E-state index in [1.807, 2.05) is 11.3 Å². The quantitative estimate of drug-likeness (QED) is 0.222. The first kappa shape index (κ1) is 19.1. The van der Waals surface area contributed by atoms with Crippen molar-refractivity contribution >= 4 is 74.7 Å². The molecule has 8 aromatic rings. The average Bonchev–Trinajstić information content (AvgIpc) is 3.32. The highest BCUT2D eigenvalue weighted by atomic mass is 32.1. The van der Waals surface area contributed by atoms with Gasteiger partial charge in [0.25, 0.3) is 0 Å². The Balaban J connectivity index is 1.49.